The molecule has 1 heterocycles. The number of hydrogen-bond acceptors (Lipinski definition) is 3. The van der Waals surface area contributed by atoms with E-state index in [0.717, 1.165) is 0 Å². The third kappa shape index (κ3) is 4.28. The van der Waals surface area contributed by atoms with E-state index in [2.05, 4.69) is 35.3 Å². The summed E-state index contributed by atoms with van der Waals surface area (Å²) in [6, 6.07) is 0. The largest absolute Gasteiger partial charge is 0.285 e. The van der Waals surface area contributed by atoms with Crippen molar-refractivity contribution in [2.75, 3.05) is 29.8 Å². The zero-order chi connectivity index (χ0) is 7.94. The van der Waals surface area contributed by atoms with Crippen molar-refractivity contribution in [1.82, 2.24) is 4.90 Å². The summed E-state index contributed by atoms with van der Waals surface area (Å²) in [7, 11) is 0. The van der Waals surface area contributed by atoms with Crippen molar-refractivity contribution < 1.29 is 0 Å². The van der Waals surface area contributed by atoms with E-state index in [0.29, 0.717) is 0 Å². The van der Waals surface area contributed by atoms with E-state index in [1.165, 1.54) is 42.6 Å². The molecule has 0 aromatic rings. The van der Waals surface area contributed by atoms with Crippen LogP contribution in [0.3, 0.4) is 0 Å². The van der Waals surface area contributed by atoms with Gasteiger partial charge in [0.2, 0.25) is 0 Å². The van der Waals surface area contributed by atoms with Crippen LogP contribution >= 0.6 is 23.5 Å². The SMILES string of the molecule is CCCCN1CSCCSC1. The molecular formula is C8H17NS2. The molecule has 1 aliphatic heterocycles. The molecule has 0 radical (unpaired) electrons. The topological polar surface area (TPSA) is 3.24 Å². The maximum Gasteiger partial charge on any atom is 0.0452 e. The third-order valence-corrected chi connectivity index (χ3v) is 4.09. The van der Waals surface area contributed by atoms with E-state index < -0.39 is 0 Å². The highest BCUT2D eigenvalue weighted by Gasteiger charge is 2.07. The molecule has 1 fully saturated rings. The Morgan fingerprint density at radius 2 is 1.82 bits per heavy atom. The normalized spacial score (nSPS) is 21.5. The minimum Gasteiger partial charge on any atom is -0.285 e. The Hall–Kier alpha value is 0.660. The second-order valence-corrected chi connectivity index (χ2v) is 4.97. The van der Waals surface area contributed by atoms with Gasteiger partial charge in [0.25, 0.3) is 0 Å². The van der Waals surface area contributed by atoms with Crippen LogP contribution in [0.15, 0.2) is 0 Å². The van der Waals surface area contributed by atoms with Gasteiger partial charge >= 0.3 is 0 Å². The first kappa shape index (κ1) is 9.75. The summed E-state index contributed by atoms with van der Waals surface area (Å²) in [5.41, 5.74) is 0. The summed E-state index contributed by atoms with van der Waals surface area (Å²) in [6.45, 7) is 3.56. The molecule has 11 heavy (non-hydrogen) atoms. The van der Waals surface area contributed by atoms with E-state index in [-0.39, 0.29) is 0 Å². The van der Waals surface area contributed by atoms with Crippen molar-refractivity contribution in [2.45, 2.75) is 19.8 Å². The van der Waals surface area contributed by atoms with Gasteiger partial charge in [-0.2, -0.15) is 0 Å². The molecule has 1 nitrogen and oxygen atoms in total. The lowest BCUT2D eigenvalue weighted by Gasteiger charge is -2.17. The van der Waals surface area contributed by atoms with Crippen molar-refractivity contribution in [2.24, 2.45) is 0 Å². The van der Waals surface area contributed by atoms with Crippen LogP contribution in [0.25, 0.3) is 0 Å². The Labute approximate surface area is 78.3 Å². The van der Waals surface area contributed by atoms with Crippen molar-refractivity contribution in [3.05, 3.63) is 0 Å². The fourth-order valence-corrected chi connectivity index (χ4v) is 3.33. The van der Waals surface area contributed by atoms with Gasteiger partial charge in [-0.15, -0.1) is 23.5 Å². The van der Waals surface area contributed by atoms with Crippen molar-refractivity contribution in [1.29, 1.82) is 0 Å². The number of thioether (sulfide) groups is 2. The molecule has 0 saturated carbocycles. The van der Waals surface area contributed by atoms with Gasteiger partial charge in [0.05, 0.1) is 0 Å². The van der Waals surface area contributed by atoms with Gasteiger partial charge in [0, 0.05) is 23.3 Å². The lowest BCUT2D eigenvalue weighted by atomic mass is 10.3. The summed E-state index contributed by atoms with van der Waals surface area (Å²) in [5.74, 6) is 5.20. The quantitative estimate of drug-likeness (QED) is 0.675. The minimum atomic E-state index is 1.26. The van der Waals surface area contributed by atoms with Crippen molar-refractivity contribution >= 4 is 23.5 Å². The predicted octanol–water partition coefficient (Wildman–Crippen LogP) is 2.48. The molecule has 0 N–H and O–H groups in total. The molecule has 1 aliphatic rings. The first-order valence-corrected chi connectivity index (χ1v) is 6.62. The van der Waals surface area contributed by atoms with E-state index in [1.54, 1.807) is 0 Å². The lowest BCUT2D eigenvalue weighted by Crippen LogP contribution is -2.22. The molecule has 1 rings (SSSR count). The third-order valence-electron chi connectivity index (χ3n) is 1.75. The van der Waals surface area contributed by atoms with E-state index in [4.69, 9.17) is 0 Å². The first-order valence-electron chi connectivity index (χ1n) is 4.31. The summed E-state index contributed by atoms with van der Waals surface area (Å²) >= 11 is 4.16. The molecule has 3 heteroatoms. The number of hydrogen-bond donors (Lipinski definition) is 0. The van der Waals surface area contributed by atoms with Crippen molar-refractivity contribution in [3.8, 4) is 0 Å². The lowest BCUT2D eigenvalue weighted by molar-refractivity contribution is 0.370. The number of rotatable bonds is 3. The second kappa shape index (κ2) is 6.21. The Bertz CT molecular complexity index is 90.1. The van der Waals surface area contributed by atoms with Crippen molar-refractivity contribution in [3.63, 3.8) is 0 Å². The average Bonchev–Trinajstić information content (AvgIpc) is 2.28. The van der Waals surface area contributed by atoms with Gasteiger partial charge in [0.15, 0.2) is 0 Å². The molecule has 0 bridgehead atoms. The average molecular weight is 191 g/mol. The minimum absolute atomic E-state index is 1.26. The highest BCUT2D eigenvalue weighted by Crippen LogP contribution is 2.16. The summed E-state index contributed by atoms with van der Waals surface area (Å²) < 4.78 is 0. The fourth-order valence-electron chi connectivity index (χ4n) is 1.05. The van der Waals surface area contributed by atoms with E-state index in [9.17, 15) is 0 Å². The van der Waals surface area contributed by atoms with E-state index in [1.807, 2.05) is 0 Å². The maximum atomic E-state index is 2.56. The van der Waals surface area contributed by atoms with Gasteiger partial charge in [0.1, 0.15) is 0 Å². The van der Waals surface area contributed by atoms with Crippen LogP contribution in [0.4, 0.5) is 0 Å². The zero-order valence-corrected chi connectivity index (χ0v) is 8.85. The molecule has 0 aliphatic carbocycles. The van der Waals surface area contributed by atoms with Crippen LogP contribution in [-0.2, 0) is 0 Å². The standard InChI is InChI=1S/C8H17NS2/c1-2-3-4-9-7-10-5-6-11-8-9/h2-8H2,1H3. The first-order chi connectivity index (χ1) is 5.43. The van der Waals surface area contributed by atoms with Crippen LogP contribution < -0.4 is 0 Å². The molecule has 0 aromatic heterocycles. The monoisotopic (exact) mass is 191 g/mol. The smallest absolute Gasteiger partial charge is 0.0452 e. The Balaban J connectivity index is 2.09. The van der Waals surface area contributed by atoms with Gasteiger partial charge < -0.3 is 0 Å². The van der Waals surface area contributed by atoms with Crippen LogP contribution in [0, 0.1) is 0 Å². The summed E-state index contributed by atoms with van der Waals surface area (Å²) in [6.07, 6.45) is 2.69. The molecular weight excluding hydrogens is 174 g/mol. The van der Waals surface area contributed by atoms with Gasteiger partial charge in [-0.3, -0.25) is 4.90 Å². The molecule has 0 amide bonds. The van der Waals surface area contributed by atoms with Crippen LogP contribution in [-0.4, -0.2) is 34.7 Å². The molecule has 0 aromatic carbocycles. The summed E-state index contributed by atoms with van der Waals surface area (Å²) in [5, 5.41) is 0. The Morgan fingerprint density at radius 1 is 1.18 bits per heavy atom. The van der Waals surface area contributed by atoms with Gasteiger partial charge in [-0.25, -0.2) is 0 Å². The summed E-state index contributed by atoms with van der Waals surface area (Å²) in [4.78, 5) is 2.56. The number of unbranched alkanes of at least 4 members (excludes halogenated alkanes) is 1. The van der Waals surface area contributed by atoms with Crippen LogP contribution in [0.1, 0.15) is 19.8 Å². The van der Waals surface area contributed by atoms with Gasteiger partial charge in [-0.1, -0.05) is 13.3 Å². The van der Waals surface area contributed by atoms with Crippen LogP contribution in [0.5, 0.6) is 0 Å². The van der Waals surface area contributed by atoms with E-state index >= 15 is 0 Å². The van der Waals surface area contributed by atoms with Crippen LogP contribution in [0.2, 0.25) is 0 Å². The predicted molar refractivity (Wildman–Crippen MR) is 56.3 cm³/mol. The molecule has 0 unspecified atom stereocenters. The molecule has 66 valence electrons. The zero-order valence-electron chi connectivity index (χ0n) is 7.21. The molecule has 0 spiro atoms. The maximum absolute atomic E-state index is 2.56. The highest BCUT2D eigenvalue weighted by atomic mass is 32.2. The highest BCUT2D eigenvalue weighted by molar-refractivity contribution is 8.03. The van der Waals surface area contributed by atoms with Gasteiger partial charge in [-0.05, 0) is 13.0 Å². The number of nitrogens with zero attached hydrogens (tertiary/aromatic N) is 1. The molecule has 0 atom stereocenters. The fraction of sp³-hybridized carbons (Fsp3) is 1.00. The Morgan fingerprint density at radius 3 is 2.36 bits per heavy atom. The second-order valence-electron chi connectivity index (χ2n) is 2.82. The molecule has 1 saturated heterocycles. The Kier molecular flexibility index (Phi) is 5.50.